The quantitative estimate of drug-likeness (QED) is 0.251. The van der Waals surface area contributed by atoms with Crippen molar-refractivity contribution in [3.63, 3.8) is 0 Å². The maximum absolute atomic E-state index is 10.7. The van der Waals surface area contributed by atoms with E-state index in [1.165, 1.54) is 16.8 Å². The molecule has 1 atom stereocenters. The number of nitrogen functional groups attached to an aromatic ring is 1. The molecule has 0 amide bonds. The Morgan fingerprint density at radius 1 is 1.43 bits per heavy atom. The first-order chi connectivity index (χ1) is 11.0. The summed E-state index contributed by atoms with van der Waals surface area (Å²) >= 11 is 5.03. The molecule has 2 rings (SSSR count). The number of aromatic nitrogens is 3. The molecule has 0 aliphatic rings. The molecule has 2 aromatic rings. The third-order valence-electron chi connectivity index (χ3n) is 3.42. The van der Waals surface area contributed by atoms with Crippen LogP contribution in [0.15, 0.2) is 24.3 Å². The Bertz CT molecular complexity index is 710. The molecule has 0 saturated heterocycles. The number of hydrogen-bond acceptors (Lipinski definition) is 6. The Kier molecular flexibility index (Phi) is 5.69. The molecule has 0 saturated carbocycles. The minimum absolute atomic E-state index is 0.0152. The van der Waals surface area contributed by atoms with Crippen molar-refractivity contribution in [1.29, 1.82) is 0 Å². The second-order valence-corrected chi connectivity index (χ2v) is 5.50. The Labute approximate surface area is 138 Å². The van der Waals surface area contributed by atoms with Crippen molar-refractivity contribution < 1.29 is 9.66 Å². The predicted molar refractivity (Wildman–Crippen MR) is 88.2 cm³/mol. The molecular formula is C14H19N5O3S. The molecule has 1 aromatic carbocycles. The van der Waals surface area contributed by atoms with Gasteiger partial charge in [0.15, 0.2) is 11.9 Å². The lowest BCUT2D eigenvalue weighted by Gasteiger charge is -2.18. The number of benzene rings is 1. The van der Waals surface area contributed by atoms with Gasteiger partial charge in [0, 0.05) is 12.1 Å². The third-order valence-corrected chi connectivity index (χ3v) is 3.70. The minimum atomic E-state index is -0.451. The summed E-state index contributed by atoms with van der Waals surface area (Å²) in [6.45, 7) is 2.12. The summed E-state index contributed by atoms with van der Waals surface area (Å²) in [6, 6.07) is 5.93. The van der Waals surface area contributed by atoms with Crippen molar-refractivity contribution in [2.24, 2.45) is 0 Å². The topological polar surface area (TPSA) is 112 Å². The second-order valence-electron chi connectivity index (χ2n) is 5.11. The van der Waals surface area contributed by atoms with Gasteiger partial charge in [-0.05, 0) is 37.2 Å². The van der Waals surface area contributed by atoms with Crippen molar-refractivity contribution in [3.05, 3.63) is 45.0 Å². The molecule has 9 heteroatoms. The van der Waals surface area contributed by atoms with Gasteiger partial charge in [-0.3, -0.25) is 15.2 Å². The van der Waals surface area contributed by atoms with Crippen LogP contribution in [0.1, 0.15) is 44.5 Å². The number of ether oxygens (including phenoxy) is 1. The Balaban J connectivity index is 2.18. The van der Waals surface area contributed by atoms with Crippen LogP contribution in [-0.4, -0.2) is 19.8 Å². The van der Waals surface area contributed by atoms with Gasteiger partial charge in [-0.1, -0.05) is 19.8 Å². The number of nitrogens with two attached hydrogens (primary N) is 1. The zero-order valence-corrected chi connectivity index (χ0v) is 13.6. The summed E-state index contributed by atoms with van der Waals surface area (Å²) in [5.74, 6) is 6.90. The lowest BCUT2D eigenvalue weighted by Crippen LogP contribution is -2.19. The molecule has 0 bridgehead atoms. The van der Waals surface area contributed by atoms with E-state index in [-0.39, 0.29) is 11.8 Å². The van der Waals surface area contributed by atoms with Gasteiger partial charge in [0.1, 0.15) is 5.75 Å². The molecule has 0 fully saturated rings. The molecule has 8 nitrogen and oxygen atoms in total. The number of hydrogen-bond donors (Lipinski definition) is 2. The standard InChI is InChI=1S/C14H19N5O3S/c1-2-3-4-5-12(13-16-17-14(23)18(13)15)22-11-8-6-10(7-9-11)19(20)21/h6-9,12H,2-5,15H2,1H3,(H,17,23). The molecule has 23 heavy (non-hydrogen) atoms. The van der Waals surface area contributed by atoms with Crippen molar-refractivity contribution in [3.8, 4) is 5.75 Å². The number of non-ortho nitro benzene ring substituents is 1. The average molecular weight is 337 g/mol. The maximum Gasteiger partial charge on any atom is 0.269 e. The van der Waals surface area contributed by atoms with Crippen LogP contribution in [0.25, 0.3) is 0 Å². The van der Waals surface area contributed by atoms with Crippen LogP contribution >= 0.6 is 12.2 Å². The summed E-state index contributed by atoms with van der Waals surface area (Å²) in [5.41, 5.74) is 0.0152. The highest BCUT2D eigenvalue weighted by molar-refractivity contribution is 7.71. The van der Waals surface area contributed by atoms with Gasteiger partial charge in [-0.15, -0.1) is 0 Å². The van der Waals surface area contributed by atoms with Crippen molar-refractivity contribution in [2.45, 2.75) is 38.7 Å². The van der Waals surface area contributed by atoms with Gasteiger partial charge < -0.3 is 10.6 Å². The first-order valence-electron chi connectivity index (χ1n) is 7.36. The van der Waals surface area contributed by atoms with E-state index in [0.717, 1.165) is 25.7 Å². The fourth-order valence-electron chi connectivity index (χ4n) is 2.18. The molecule has 0 aliphatic heterocycles. The summed E-state index contributed by atoms with van der Waals surface area (Å²) < 4.78 is 7.53. The van der Waals surface area contributed by atoms with E-state index in [1.807, 2.05) is 0 Å². The number of nitro benzene ring substituents is 1. The first kappa shape index (κ1) is 16.9. The largest absolute Gasteiger partial charge is 0.482 e. The van der Waals surface area contributed by atoms with E-state index >= 15 is 0 Å². The average Bonchev–Trinajstić information content (AvgIpc) is 2.87. The predicted octanol–water partition coefficient (Wildman–Crippen LogP) is 3.26. The molecule has 1 aromatic heterocycles. The number of unbranched alkanes of at least 4 members (excludes halogenated alkanes) is 2. The third kappa shape index (κ3) is 4.28. The van der Waals surface area contributed by atoms with Gasteiger partial charge in [0.05, 0.1) is 4.92 Å². The maximum atomic E-state index is 10.7. The van der Waals surface area contributed by atoms with E-state index in [1.54, 1.807) is 12.1 Å². The van der Waals surface area contributed by atoms with Gasteiger partial charge in [-0.2, -0.15) is 5.10 Å². The Morgan fingerprint density at radius 2 is 2.13 bits per heavy atom. The SMILES string of the molecule is CCCCCC(Oc1ccc([N+](=O)[O-])cc1)c1n[nH]c(=S)n1N. The Morgan fingerprint density at radius 3 is 2.65 bits per heavy atom. The van der Waals surface area contributed by atoms with E-state index in [0.29, 0.717) is 16.3 Å². The zero-order valence-electron chi connectivity index (χ0n) is 12.8. The zero-order chi connectivity index (χ0) is 16.8. The van der Waals surface area contributed by atoms with E-state index in [4.69, 9.17) is 22.8 Å². The van der Waals surface area contributed by atoms with Crippen LogP contribution in [0.3, 0.4) is 0 Å². The van der Waals surface area contributed by atoms with Crippen LogP contribution in [0, 0.1) is 14.9 Å². The number of aromatic amines is 1. The van der Waals surface area contributed by atoms with Crippen molar-refractivity contribution in [1.82, 2.24) is 14.9 Å². The highest BCUT2D eigenvalue weighted by Crippen LogP contribution is 2.26. The molecular weight excluding hydrogens is 318 g/mol. The molecule has 0 spiro atoms. The van der Waals surface area contributed by atoms with Crippen LogP contribution in [0.4, 0.5) is 5.69 Å². The number of H-pyrrole nitrogens is 1. The summed E-state index contributed by atoms with van der Waals surface area (Å²) in [7, 11) is 0. The summed E-state index contributed by atoms with van der Waals surface area (Å²) in [6.07, 6.45) is 3.45. The van der Waals surface area contributed by atoms with Crippen LogP contribution < -0.4 is 10.6 Å². The molecule has 3 N–H and O–H groups in total. The van der Waals surface area contributed by atoms with Crippen LogP contribution in [0.5, 0.6) is 5.75 Å². The van der Waals surface area contributed by atoms with Crippen LogP contribution in [-0.2, 0) is 0 Å². The summed E-state index contributed by atoms with van der Waals surface area (Å²) in [5, 5.41) is 17.5. The number of rotatable bonds is 8. The normalized spacial score (nSPS) is 12.0. The highest BCUT2D eigenvalue weighted by atomic mass is 32.1. The van der Waals surface area contributed by atoms with Gasteiger partial charge in [0.25, 0.3) is 5.69 Å². The lowest BCUT2D eigenvalue weighted by atomic mass is 10.1. The first-order valence-corrected chi connectivity index (χ1v) is 7.77. The van der Waals surface area contributed by atoms with E-state index in [9.17, 15) is 10.1 Å². The highest BCUT2D eigenvalue weighted by Gasteiger charge is 2.20. The monoisotopic (exact) mass is 337 g/mol. The van der Waals surface area contributed by atoms with Gasteiger partial charge in [0.2, 0.25) is 4.77 Å². The summed E-state index contributed by atoms with van der Waals surface area (Å²) in [4.78, 5) is 10.2. The fourth-order valence-corrected chi connectivity index (χ4v) is 2.31. The van der Waals surface area contributed by atoms with E-state index < -0.39 is 4.92 Å². The van der Waals surface area contributed by atoms with Gasteiger partial charge >= 0.3 is 0 Å². The van der Waals surface area contributed by atoms with Crippen molar-refractivity contribution in [2.75, 3.05) is 5.84 Å². The molecule has 1 heterocycles. The number of nitrogens with zero attached hydrogens (tertiary/aromatic N) is 3. The lowest BCUT2D eigenvalue weighted by molar-refractivity contribution is -0.384. The number of nitro groups is 1. The molecule has 124 valence electrons. The smallest absolute Gasteiger partial charge is 0.269 e. The fraction of sp³-hybridized carbons (Fsp3) is 0.429. The minimum Gasteiger partial charge on any atom is -0.482 e. The second kappa shape index (κ2) is 7.73. The van der Waals surface area contributed by atoms with Crippen LogP contribution in [0.2, 0.25) is 0 Å². The molecule has 0 radical (unpaired) electrons. The Hall–Kier alpha value is -2.42. The molecule has 1 unspecified atom stereocenters. The van der Waals surface area contributed by atoms with Gasteiger partial charge in [-0.25, -0.2) is 4.68 Å². The number of nitrogens with one attached hydrogen (secondary N) is 1. The van der Waals surface area contributed by atoms with Crippen molar-refractivity contribution >= 4 is 17.9 Å². The van der Waals surface area contributed by atoms with E-state index in [2.05, 4.69) is 17.1 Å². The molecule has 0 aliphatic carbocycles.